The first-order chi connectivity index (χ1) is 18.8. The minimum absolute atomic E-state index is 0.366. The normalized spacial score (nSPS) is 10.8. The predicted molar refractivity (Wildman–Crippen MR) is 175 cm³/mol. The Morgan fingerprint density at radius 2 is 0.684 bits per heavy atom. The Labute approximate surface area is 239 Å². The number of unbranched alkanes of at least 4 members (excludes halogenated alkanes) is 15. The molecule has 0 saturated heterocycles. The molecule has 0 amide bonds. The second-order valence-electron chi connectivity index (χ2n) is 10.9. The summed E-state index contributed by atoms with van der Waals surface area (Å²) in [5.41, 5.74) is 0. The molecule has 0 spiro atoms. The van der Waals surface area contributed by atoms with E-state index in [9.17, 15) is 0 Å². The topological polar surface area (TPSA) is 9.23 Å². The average molecular weight is 541 g/mol. The standard InChI is InChI=1S/C24H51P.C12H10O/c1-4-7-10-13-16-19-22-25(23-20-17-14-11-8-5-2)24-21-18-15-12-9-6-3;1-3-7-11(8-4-1)13-12-9-5-2-6-10-12/h4-24H2,1-3H3;1-10H. The van der Waals surface area contributed by atoms with Crippen LogP contribution in [0.5, 0.6) is 11.5 Å². The number of ether oxygens (including phenoxy) is 1. The SMILES string of the molecule is CCCCCCCCP(CCCCCCCC)CCCCCCCC.c1ccc(Oc2ccccc2)cc1. The molecule has 0 fully saturated rings. The van der Waals surface area contributed by atoms with Gasteiger partial charge >= 0.3 is 0 Å². The Morgan fingerprint density at radius 1 is 0.395 bits per heavy atom. The Hall–Kier alpha value is -1.33. The number of para-hydroxylation sites is 2. The van der Waals surface area contributed by atoms with E-state index in [1.807, 2.05) is 60.7 Å². The third kappa shape index (κ3) is 21.6. The molecule has 0 heterocycles. The van der Waals surface area contributed by atoms with E-state index in [2.05, 4.69) is 20.8 Å². The number of benzene rings is 2. The van der Waals surface area contributed by atoms with E-state index < -0.39 is 0 Å². The molecule has 2 rings (SSSR count). The molecule has 38 heavy (non-hydrogen) atoms. The van der Waals surface area contributed by atoms with E-state index in [4.69, 9.17) is 4.74 Å². The molecule has 0 aromatic heterocycles. The van der Waals surface area contributed by atoms with Crippen molar-refractivity contribution < 1.29 is 4.74 Å². The Kier molecular flexibility index (Phi) is 24.9. The summed E-state index contributed by atoms with van der Waals surface area (Å²) >= 11 is 0. The van der Waals surface area contributed by atoms with E-state index in [-0.39, 0.29) is 0 Å². The lowest BCUT2D eigenvalue weighted by atomic mass is 10.1. The van der Waals surface area contributed by atoms with Gasteiger partial charge in [-0.15, -0.1) is 7.92 Å². The molecular formula is C36H61OP. The van der Waals surface area contributed by atoms with Gasteiger partial charge in [0, 0.05) is 0 Å². The summed E-state index contributed by atoms with van der Waals surface area (Å²) < 4.78 is 5.58. The van der Waals surface area contributed by atoms with Crippen molar-refractivity contribution in [3.8, 4) is 11.5 Å². The van der Waals surface area contributed by atoms with E-state index in [1.54, 1.807) is 18.5 Å². The summed E-state index contributed by atoms with van der Waals surface area (Å²) in [4.78, 5) is 0. The fourth-order valence-corrected chi connectivity index (χ4v) is 7.48. The molecule has 0 aliphatic rings. The Morgan fingerprint density at radius 3 is 1.00 bits per heavy atom. The van der Waals surface area contributed by atoms with Gasteiger partial charge in [0.2, 0.25) is 0 Å². The summed E-state index contributed by atoms with van der Waals surface area (Å²) in [6.07, 6.45) is 31.2. The highest BCUT2D eigenvalue weighted by Crippen LogP contribution is 2.39. The van der Waals surface area contributed by atoms with Crippen LogP contribution in [0.15, 0.2) is 60.7 Å². The molecule has 0 N–H and O–H groups in total. The van der Waals surface area contributed by atoms with Crippen LogP contribution in [-0.2, 0) is 0 Å². The van der Waals surface area contributed by atoms with Crippen LogP contribution in [0.3, 0.4) is 0 Å². The largest absolute Gasteiger partial charge is 0.457 e. The van der Waals surface area contributed by atoms with Crippen molar-refractivity contribution in [3.63, 3.8) is 0 Å². The van der Waals surface area contributed by atoms with Crippen LogP contribution in [0.4, 0.5) is 0 Å². The van der Waals surface area contributed by atoms with Gasteiger partial charge in [-0.1, -0.05) is 153 Å². The zero-order valence-corrected chi connectivity index (χ0v) is 26.4. The van der Waals surface area contributed by atoms with Crippen molar-refractivity contribution in [2.24, 2.45) is 0 Å². The first kappa shape index (κ1) is 34.7. The van der Waals surface area contributed by atoms with Crippen LogP contribution in [0, 0.1) is 0 Å². The van der Waals surface area contributed by atoms with E-state index in [0.29, 0.717) is 7.92 Å². The fraction of sp³-hybridized carbons (Fsp3) is 0.667. The molecule has 1 nitrogen and oxygen atoms in total. The lowest BCUT2D eigenvalue weighted by molar-refractivity contribution is 0.482. The molecule has 0 aliphatic carbocycles. The Balaban J connectivity index is 0.000000457. The first-order valence-corrected chi connectivity index (χ1v) is 18.2. The second-order valence-corrected chi connectivity index (χ2v) is 13.6. The van der Waals surface area contributed by atoms with Gasteiger partial charge in [-0.05, 0) is 62.0 Å². The fourth-order valence-electron chi connectivity index (χ4n) is 4.80. The molecule has 2 aromatic rings. The molecule has 0 atom stereocenters. The third-order valence-electron chi connectivity index (χ3n) is 7.21. The monoisotopic (exact) mass is 540 g/mol. The lowest BCUT2D eigenvalue weighted by Gasteiger charge is -2.18. The minimum atomic E-state index is 0.366. The van der Waals surface area contributed by atoms with E-state index >= 15 is 0 Å². The van der Waals surface area contributed by atoms with E-state index in [0.717, 1.165) is 11.5 Å². The van der Waals surface area contributed by atoms with Crippen LogP contribution in [-0.4, -0.2) is 18.5 Å². The first-order valence-electron chi connectivity index (χ1n) is 16.3. The molecule has 0 aliphatic heterocycles. The number of hydrogen-bond acceptors (Lipinski definition) is 1. The molecular weight excluding hydrogens is 479 g/mol. The summed E-state index contributed by atoms with van der Waals surface area (Å²) in [6.45, 7) is 6.96. The maximum Gasteiger partial charge on any atom is 0.127 e. The zero-order valence-electron chi connectivity index (χ0n) is 25.5. The van der Waals surface area contributed by atoms with Crippen molar-refractivity contribution >= 4 is 7.92 Å². The zero-order chi connectivity index (χ0) is 27.4. The molecule has 2 heteroatoms. The van der Waals surface area contributed by atoms with Crippen molar-refractivity contribution in [1.29, 1.82) is 0 Å². The lowest BCUT2D eigenvalue weighted by Crippen LogP contribution is -1.97. The van der Waals surface area contributed by atoms with Crippen LogP contribution < -0.4 is 4.74 Å². The summed E-state index contributed by atoms with van der Waals surface area (Å²) in [5.74, 6) is 1.74. The molecule has 0 saturated carbocycles. The van der Waals surface area contributed by atoms with E-state index in [1.165, 1.54) is 116 Å². The highest BCUT2D eigenvalue weighted by molar-refractivity contribution is 7.57. The van der Waals surface area contributed by atoms with Gasteiger partial charge in [0.1, 0.15) is 11.5 Å². The maximum absolute atomic E-state index is 5.58. The molecule has 0 radical (unpaired) electrons. The minimum Gasteiger partial charge on any atom is -0.457 e. The van der Waals surface area contributed by atoms with Gasteiger partial charge in [0.25, 0.3) is 0 Å². The van der Waals surface area contributed by atoms with Gasteiger partial charge in [-0.2, -0.15) is 0 Å². The summed E-state index contributed by atoms with van der Waals surface area (Å²) in [5, 5.41) is 0. The van der Waals surface area contributed by atoms with Crippen LogP contribution in [0.2, 0.25) is 0 Å². The number of rotatable bonds is 23. The van der Waals surface area contributed by atoms with Gasteiger partial charge < -0.3 is 4.74 Å². The van der Waals surface area contributed by atoms with Gasteiger partial charge in [-0.25, -0.2) is 0 Å². The van der Waals surface area contributed by atoms with Crippen LogP contribution >= 0.6 is 7.92 Å². The van der Waals surface area contributed by atoms with Crippen molar-refractivity contribution in [2.75, 3.05) is 18.5 Å². The van der Waals surface area contributed by atoms with Crippen molar-refractivity contribution in [3.05, 3.63) is 60.7 Å². The number of hydrogen-bond donors (Lipinski definition) is 0. The molecule has 2 aromatic carbocycles. The van der Waals surface area contributed by atoms with Gasteiger partial charge in [0.15, 0.2) is 0 Å². The van der Waals surface area contributed by atoms with Crippen LogP contribution in [0.1, 0.15) is 136 Å². The maximum atomic E-state index is 5.58. The van der Waals surface area contributed by atoms with Crippen LogP contribution in [0.25, 0.3) is 0 Å². The van der Waals surface area contributed by atoms with Crippen molar-refractivity contribution in [1.82, 2.24) is 0 Å². The molecule has 0 bridgehead atoms. The highest BCUT2D eigenvalue weighted by Gasteiger charge is 2.08. The average Bonchev–Trinajstić information content (AvgIpc) is 2.95. The quantitative estimate of drug-likeness (QED) is 0.101. The summed E-state index contributed by atoms with van der Waals surface area (Å²) in [7, 11) is 0.366. The van der Waals surface area contributed by atoms with Crippen molar-refractivity contribution in [2.45, 2.75) is 136 Å². The smallest absolute Gasteiger partial charge is 0.127 e. The molecule has 0 unspecified atom stereocenters. The van der Waals surface area contributed by atoms with Gasteiger partial charge in [0.05, 0.1) is 0 Å². The highest BCUT2D eigenvalue weighted by atomic mass is 31.1. The Bertz CT molecular complexity index is 626. The molecule has 216 valence electrons. The second kappa shape index (κ2) is 27.2. The van der Waals surface area contributed by atoms with Gasteiger partial charge in [-0.3, -0.25) is 0 Å². The third-order valence-corrected chi connectivity index (χ3v) is 10.1. The summed E-state index contributed by atoms with van der Waals surface area (Å²) in [6, 6.07) is 19.5. The predicted octanol–water partition coefficient (Wildman–Crippen LogP) is 13.0.